The Bertz CT molecular complexity index is 1540. The van der Waals surface area contributed by atoms with Crippen molar-refractivity contribution in [1.29, 1.82) is 5.41 Å². The Morgan fingerprint density at radius 3 is 2.44 bits per heavy atom. The number of aromatic nitrogens is 1. The number of para-hydroxylation sites is 1. The van der Waals surface area contributed by atoms with Crippen LogP contribution in [0.15, 0.2) is 107 Å². The smallest absolute Gasteiger partial charge is 0.220 e. The van der Waals surface area contributed by atoms with Crippen LogP contribution in [0.25, 0.3) is 32.9 Å². The third kappa shape index (κ3) is 3.97. The molecule has 1 heterocycles. The van der Waals surface area contributed by atoms with Gasteiger partial charge >= 0.3 is 0 Å². The van der Waals surface area contributed by atoms with E-state index >= 15 is 0 Å². The van der Waals surface area contributed by atoms with Crippen molar-refractivity contribution in [3.63, 3.8) is 0 Å². The second-order valence-electron chi connectivity index (χ2n) is 8.01. The zero-order chi connectivity index (χ0) is 23.5. The monoisotopic (exact) mass is 445 g/mol. The number of hydrogen-bond acceptors (Lipinski definition) is 3. The highest BCUT2D eigenvalue weighted by Gasteiger charge is 2.22. The molecule has 0 amide bonds. The second-order valence-corrected chi connectivity index (χ2v) is 8.01. The number of nitrogens with zero attached hydrogens (tertiary/aromatic N) is 3. The molecule has 5 aromatic rings. The normalized spacial score (nSPS) is 11.3. The molecule has 0 unspecified atom stereocenters. The summed E-state index contributed by atoms with van der Waals surface area (Å²) in [5.74, 6) is 0.0139. The van der Waals surface area contributed by atoms with Gasteiger partial charge in [0.25, 0.3) is 0 Å². The minimum Gasteiger partial charge on any atom is -0.384 e. The molecule has 1 aromatic heterocycles. The lowest BCUT2D eigenvalue weighted by Crippen LogP contribution is -2.36. The van der Waals surface area contributed by atoms with Gasteiger partial charge in [-0.25, -0.2) is 0 Å². The number of anilines is 1. The maximum atomic E-state index is 7.60. The van der Waals surface area contributed by atoms with Gasteiger partial charge in [-0.2, -0.15) is 4.57 Å². The zero-order valence-corrected chi connectivity index (χ0v) is 18.9. The highest BCUT2D eigenvalue weighted by atomic mass is 15.4. The number of benzene rings is 4. The molecule has 0 atom stereocenters. The van der Waals surface area contributed by atoms with E-state index in [1.54, 1.807) is 12.1 Å². The van der Waals surface area contributed by atoms with Crippen LogP contribution < -0.4 is 15.7 Å². The Morgan fingerprint density at radius 1 is 0.853 bits per heavy atom. The molecule has 166 valence electrons. The summed E-state index contributed by atoms with van der Waals surface area (Å²) >= 11 is 0. The Kier molecular flexibility index (Phi) is 5.70. The standard InChI is InChI=1S/C28H25N6/c1-2-34-26-14-7-6-13-24(26)23-16-15-22(18-25(23)27(34)19-9-4-3-5-10-19)32-33-31-21-12-8-11-20(17-21)28(29)30/h3-18H,2H2,1H3,(H3,29,30)(H,31,32)/q+1. The van der Waals surface area contributed by atoms with Crippen LogP contribution in [-0.4, -0.2) is 5.84 Å². The highest BCUT2D eigenvalue weighted by Crippen LogP contribution is 2.33. The van der Waals surface area contributed by atoms with Gasteiger partial charge in [0.2, 0.25) is 11.2 Å². The Hall–Kier alpha value is -4.58. The van der Waals surface area contributed by atoms with Crippen molar-refractivity contribution in [2.75, 3.05) is 5.43 Å². The number of nitrogen functional groups attached to an aromatic ring is 1. The van der Waals surface area contributed by atoms with Crippen LogP contribution in [0.3, 0.4) is 0 Å². The lowest BCUT2D eigenvalue weighted by Gasteiger charge is -2.11. The van der Waals surface area contributed by atoms with Crippen LogP contribution >= 0.6 is 0 Å². The summed E-state index contributed by atoms with van der Waals surface area (Å²) in [6.07, 6.45) is 0. The molecule has 0 saturated heterocycles. The van der Waals surface area contributed by atoms with Gasteiger partial charge in [0.1, 0.15) is 12.4 Å². The summed E-state index contributed by atoms with van der Waals surface area (Å²) < 4.78 is 2.36. The van der Waals surface area contributed by atoms with Gasteiger partial charge < -0.3 is 5.73 Å². The molecular formula is C28H25N6+. The molecule has 0 bridgehead atoms. The number of rotatable bonds is 6. The van der Waals surface area contributed by atoms with Gasteiger partial charge in [-0.15, -0.1) is 5.11 Å². The number of aryl methyl sites for hydroxylation is 1. The summed E-state index contributed by atoms with van der Waals surface area (Å²) in [5, 5.41) is 19.7. The van der Waals surface area contributed by atoms with E-state index in [2.05, 4.69) is 87.9 Å². The van der Waals surface area contributed by atoms with Crippen LogP contribution in [-0.2, 0) is 6.54 Å². The van der Waals surface area contributed by atoms with Crippen molar-refractivity contribution in [3.8, 4) is 11.3 Å². The van der Waals surface area contributed by atoms with E-state index in [1.807, 2.05) is 24.3 Å². The van der Waals surface area contributed by atoms with Gasteiger partial charge in [-0.1, -0.05) is 53.8 Å². The molecule has 0 spiro atoms. The Morgan fingerprint density at radius 2 is 1.65 bits per heavy atom. The fraction of sp³-hybridized carbons (Fsp3) is 0.0714. The van der Waals surface area contributed by atoms with Crippen molar-refractivity contribution < 1.29 is 4.57 Å². The Labute approximate surface area is 197 Å². The van der Waals surface area contributed by atoms with Crippen molar-refractivity contribution in [2.24, 2.45) is 16.1 Å². The lowest BCUT2D eigenvalue weighted by atomic mass is 9.98. The van der Waals surface area contributed by atoms with Crippen molar-refractivity contribution in [1.82, 2.24) is 0 Å². The first-order valence-electron chi connectivity index (χ1n) is 11.2. The van der Waals surface area contributed by atoms with E-state index in [9.17, 15) is 0 Å². The van der Waals surface area contributed by atoms with Gasteiger partial charge in [0.15, 0.2) is 0 Å². The summed E-state index contributed by atoms with van der Waals surface area (Å²) in [6.45, 7) is 3.02. The molecule has 6 nitrogen and oxygen atoms in total. The summed E-state index contributed by atoms with van der Waals surface area (Å²) in [5.41, 5.74) is 14.1. The topological polar surface area (TPSA) is 90.5 Å². The third-order valence-electron chi connectivity index (χ3n) is 5.89. The molecule has 0 aliphatic rings. The van der Waals surface area contributed by atoms with E-state index in [0.717, 1.165) is 34.6 Å². The molecule has 4 aromatic carbocycles. The molecule has 0 aliphatic heterocycles. The predicted molar refractivity (Wildman–Crippen MR) is 138 cm³/mol. The van der Waals surface area contributed by atoms with Crippen LogP contribution in [0.2, 0.25) is 0 Å². The maximum absolute atomic E-state index is 7.60. The van der Waals surface area contributed by atoms with Gasteiger partial charge in [-0.3, -0.25) is 10.8 Å². The summed E-state index contributed by atoms with van der Waals surface area (Å²) in [6, 6.07) is 32.4. The number of hydrogen-bond donors (Lipinski definition) is 3. The van der Waals surface area contributed by atoms with Gasteiger partial charge in [-0.05, 0) is 49.4 Å². The van der Waals surface area contributed by atoms with Crippen molar-refractivity contribution >= 4 is 38.9 Å². The van der Waals surface area contributed by atoms with Gasteiger partial charge in [0.05, 0.1) is 22.1 Å². The summed E-state index contributed by atoms with van der Waals surface area (Å²) in [7, 11) is 0. The number of fused-ring (bicyclic) bond motifs is 3. The third-order valence-corrected chi connectivity index (χ3v) is 5.89. The molecule has 34 heavy (non-hydrogen) atoms. The van der Waals surface area contributed by atoms with E-state index in [4.69, 9.17) is 11.1 Å². The SMILES string of the molecule is CC[n+]1c(-c2ccccc2)c2cc(N=NNc3cccc(C(=N)N)c3)ccc2c2ccccc21. The number of pyridine rings is 1. The maximum Gasteiger partial charge on any atom is 0.220 e. The number of nitrogens with two attached hydrogens (primary N) is 1. The van der Waals surface area contributed by atoms with E-state index < -0.39 is 0 Å². The Balaban J connectivity index is 1.62. The van der Waals surface area contributed by atoms with Crippen LogP contribution in [0.1, 0.15) is 12.5 Å². The first kappa shape index (κ1) is 21.3. The van der Waals surface area contributed by atoms with Crippen LogP contribution in [0.4, 0.5) is 11.4 Å². The molecular weight excluding hydrogens is 420 g/mol. The largest absolute Gasteiger partial charge is 0.384 e. The van der Waals surface area contributed by atoms with E-state index in [-0.39, 0.29) is 5.84 Å². The van der Waals surface area contributed by atoms with E-state index in [1.165, 1.54) is 16.3 Å². The summed E-state index contributed by atoms with van der Waals surface area (Å²) in [4.78, 5) is 0. The second kappa shape index (κ2) is 9.11. The fourth-order valence-corrected chi connectivity index (χ4v) is 4.36. The fourth-order valence-electron chi connectivity index (χ4n) is 4.36. The van der Waals surface area contributed by atoms with Crippen LogP contribution in [0.5, 0.6) is 0 Å². The minimum absolute atomic E-state index is 0.0139. The minimum atomic E-state index is 0.0139. The number of amidine groups is 1. The van der Waals surface area contributed by atoms with Crippen molar-refractivity contribution in [3.05, 3.63) is 103 Å². The molecule has 6 heteroatoms. The number of nitrogens with one attached hydrogen (secondary N) is 2. The average Bonchev–Trinajstić information content (AvgIpc) is 2.88. The van der Waals surface area contributed by atoms with Crippen LogP contribution in [0, 0.1) is 5.41 Å². The molecule has 0 saturated carbocycles. The van der Waals surface area contributed by atoms with Crippen molar-refractivity contribution in [2.45, 2.75) is 13.5 Å². The first-order chi connectivity index (χ1) is 16.7. The quantitative estimate of drug-likeness (QED) is 0.0708. The highest BCUT2D eigenvalue weighted by molar-refractivity contribution is 6.09. The molecule has 5 rings (SSSR count). The average molecular weight is 446 g/mol. The first-order valence-corrected chi connectivity index (χ1v) is 11.2. The molecule has 4 N–H and O–H groups in total. The zero-order valence-electron chi connectivity index (χ0n) is 18.9. The lowest BCUT2D eigenvalue weighted by molar-refractivity contribution is -0.655. The van der Waals surface area contributed by atoms with E-state index in [0.29, 0.717) is 5.56 Å². The molecule has 0 fully saturated rings. The molecule has 0 radical (unpaired) electrons. The van der Waals surface area contributed by atoms with Gasteiger partial charge in [0, 0.05) is 22.6 Å². The predicted octanol–water partition coefficient (Wildman–Crippen LogP) is 6.36. The molecule has 0 aliphatic carbocycles.